The summed E-state index contributed by atoms with van der Waals surface area (Å²) >= 11 is 0. The lowest BCUT2D eigenvalue weighted by atomic mass is 9.91. The van der Waals surface area contributed by atoms with Crippen LogP contribution in [0.4, 0.5) is 11.4 Å². The summed E-state index contributed by atoms with van der Waals surface area (Å²) in [6.45, 7) is 13.7. The molecule has 3 rings (SSSR count). The first kappa shape index (κ1) is 30.9. The molecule has 1 aromatic rings. The molecule has 0 aliphatic carbocycles. The van der Waals surface area contributed by atoms with Crippen molar-refractivity contribution in [3.05, 3.63) is 36.5 Å². The second-order valence-corrected chi connectivity index (χ2v) is 11.3. The van der Waals surface area contributed by atoms with Gasteiger partial charge in [0, 0.05) is 72.1 Å². The summed E-state index contributed by atoms with van der Waals surface area (Å²) in [4.78, 5) is 20.3. The molecule has 1 aromatic carbocycles. The number of para-hydroxylation sites is 2. The van der Waals surface area contributed by atoms with Crippen LogP contribution in [0.1, 0.15) is 46.0 Å². The van der Waals surface area contributed by atoms with Crippen molar-refractivity contribution in [3.63, 3.8) is 0 Å². The van der Waals surface area contributed by atoms with E-state index < -0.39 is 0 Å². The van der Waals surface area contributed by atoms with Crippen LogP contribution in [0.15, 0.2) is 36.5 Å². The minimum absolute atomic E-state index is 0.0178. The molecule has 1 unspecified atom stereocenters. The van der Waals surface area contributed by atoms with Gasteiger partial charge in [-0.2, -0.15) is 0 Å². The number of amides is 1. The highest BCUT2D eigenvalue weighted by Gasteiger charge is 2.35. The summed E-state index contributed by atoms with van der Waals surface area (Å²) in [6.07, 6.45) is 4.68. The van der Waals surface area contributed by atoms with Gasteiger partial charge in [-0.15, -0.1) is 0 Å². The molecule has 218 valence electrons. The quantitative estimate of drug-likeness (QED) is 0.115. The molecular formula is C30H50N6O3. The Hall–Kier alpha value is -2.62. The number of nitrogen functional groups attached to an aromatic ring is 1. The monoisotopic (exact) mass is 542 g/mol. The third-order valence-electron chi connectivity index (χ3n) is 7.87. The van der Waals surface area contributed by atoms with Crippen molar-refractivity contribution >= 4 is 23.1 Å². The summed E-state index contributed by atoms with van der Waals surface area (Å²) in [5, 5.41) is 12.5. The van der Waals surface area contributed by atoms with Gasteiger partial charge in [-0.3, -0.25) is 10.2 Å². The number of carbonyl (C=O) groups excluding carboxylic acids is 1. The van der Waals surface area contributed by atoms with E-state index in [9.17, 15) is 4.79 Å². The number of nitrogens with one attached hydrogen (secondary N) is 2. The number of rotatable bonds is 13. The molecule has 0 saturated carbocycles. The van der Waals surface area contributed by atoms with E-state index in [1.165, 1.54) is 0 Å². The Bertz CT molecular complexity index is 946. The zero-order valence-electron chi connectivity index (χ0n) is 24.5. The van der Waals surface area contributed by atoms with Gasteiger partial charge in [-0.05, 0) is 50.2 Å². The molecule has 1 amide bonds. The van der Waals surface area contributed by atoms with Gasteiger partial charge in [0.25, 0.3) is 5.91 Å². The van der Waals surface area contributed by atoms with Gasteiger partial charge in [0.05, 0.1) is 23.2 Å². The number of piperidine rings is 2. The maximum Gasteiger partial charge on any atom is 0.270 e. The van der Waals surface area contributed by atoms with E-state index in [0.717, 1.165) is 57.4 Å². The lowest BCUT2D eigenvalue weighted by Gasteiger charge is -2.42. The fourth-order valence-electron chi connectivity index (χ4n) is 5.68. The van der Waals surface area contributed by atoms with E-state index in [4.69, 9.17) is 20.6 Å². The molecule has 0 aromatic heterocycles. The van der Waals surface area contributed by atoms with E-state index in [-0.39, 0.29) is 24.0 Å². The van der Waals surface area contributed by atoms with Crippen LogP contribution in [0.25, 0.3) is 0 Å². The maximum atomic E-state index is 14.2. The molecule has 39 heavy (non-hydrogen) atoms. The van der Waals surface area contributed by atoms with Crippen LogP contribution >= 0.6 is 0 Å². The maximum absolute atomic E-state index is 14.2. The second kappa shape index (κ2) is 15.2. The number of carbonyl (C=O) groups is 1. The molecule has 9 heteroatoms. The molecule has 2 fully saturated rings. The standard InChI is InChI=1S/C30H50N6O3/c1-22(2)21-36(25-18-24(19-33-20-25)29(32)34-15-12-26(39-5)13-16-34)30(37)23(3)35(14-8-9-17-38-4)28-11-7-6-10-27(28)31/h6-7,10-11,22,24-26,32-33H,3,8-9,12-21,31H2,1-2,4-5H3/t24?,25-/m0/s1. The fourth-order valence-corrected chi connectivity index (χ4v) is 5.68. The lowest BCUT2D eigenvalue weighted by molar-refractivity contribution is -0.130. The minimum atomic E-state index is -0.0708. The number of methoxy groups -OCH3 is 2. The fraction of sp³-hybridized carbons (Fsp3) is 0.667. The first-order valence-corrected chi connectivity index (χ1v) is 14.4. The van der Waals surface area contributed by atoms with E-state index in [0.29, 0.717) is 49.4 Å². The first-order valence-electron chi connectivity index (χ1n) is 14.4. The van der Waals surface area contributed by atoms with E-state index in [2.05, 4.69) is 30.6 Å². The topological polar surface area (TPSA) is 107 Å². The Morgan fingerprint density at radius 1 is 1.21 bits per heavy atom. The normalized spacial score (nSPS) is 20.2. The smallest absolute Gasteiger partial charge is 0.270 e. The average molecular weight is 543 g/mol. The second-order valence-electron chi connectivity index (χ2n) is 11.3. The lowest BCUT2D eigenvalue weighted by Crippen LogP contribution is -2.56. The first-order chi connectivity index (χ1) is 18.8. The van der Waals surface area contributed by atoms with Crippen LogP contribution in [-0.4, -0.2) is 93.8 Å². The van der Waals surface area contributed by atoms with Crippen LogP contribution in [0.5, 0.6) is 0 Å². The van der Waals surface area contributed by atoms with Crippen LogP contribution < -0.4 is 16.0 Å². The Labute approximate surface area is 235 Å². The molecule has 4 N–H and O–H groups in total. The third kappa shape index (κ3) is 8.43. The van der Waals surface area contributed by atoms with Crippen molar-refractivity contribution in [2.75, 3.05) is 70.7 Å². The van der Waals surface area contributed by atoms with Crippen LogP contribution in [-0.2, 0) is 14.3 Å². The van der Waals surface area contributed by atoms with Crippen LogP contribution in [0.3, 0.4) is 0 Å². The molecule has 2 saturated heterocycles. The molecule has 2 heterocycles. The number of hydrogen-bond acceptors (Lipinski definition) is 7. The Morgan fingerprint density at radius 2 is 1.92 bits per heavy atom. The van der Waals surface area contributed by atoms with E-state index >= 15 is 0 Å². The van der Waals surface area contributed by atoms with Gasteiger partial charge in [0.15, 0.2) is 0 Å². The highest BCUT2D eigenvalue weighted by Crippen LogP contribution is 2.29. The van der Waals surface area contributed by atoms with Crippen molar-refractivity contribution in [2.24, 2.45) is 11.8 Å². The van der Waals surface area contributed by atoms with Crippen molar-refractivity contribution in [3.8, 4) is 0 Å². The number of likely N-dealkylation sites (tertiary alicyclic amines) is 1. The highest BCUT2D eigenvalue weighted by atomic mass is 16.5. The molecular weight excluding hydrogens is 492 g/mol. The number of ether oxygens (including phenoxy) is 2. The van der Waals surface area contributed by atoms with Gasteiger partial charge in [-0.1, -0.05) is 32.6 Å². The Balaban J connectivity index is 1.76. The molecule has 0 radical (unpaired) electrons. The minimum Gasteiger partial charge on any atom is -0.397 e. The number of nitrogens with zero attached hydrogens (tertiary/aromatic N) is 3. The van der Waals surface area contributed by atoms with Crippen molar-refractivity contribution < 1.29 is 14.3 Å². The number of nitrogens with two attached hydrogens (primary N) is 1. The zero-order chi connectivity index (χ0) is 28.4. The Morgan fingerprint density at radius 3 is 2.56 bits per heavy atom. The molecule has 2 aliphatic heterocycles. The predicted octanol–water partition coefficient (Wildman–Crippen LogP) is 3.57. The van der Waals surface area contributed by atoms with E-state index in [1.54, 1.807) is 14.2 Å². The SMILES string of the molecule is C=C(C(=O)N(CC(C)C)[C@@H]1CNCC(C(=N)N2CCC(OC)CC2)C1)N(CCCCOC)c1ccccc1N. The van der Waals surface area contributed by atoms with E-state index in [1.807, 2.05) is 34.1 Å². The number of amidine groups is 1. The van der Waals surface area contributed by atoms with Crippen LogP contribution in [0.2, 0.25) is 0 Å². The number of hydrogen-bond donors (Lipinski definition) is 3. The molecule has 0 bridgehead atoms. The zero-order valence-corrected chi connectivity index (χ0v) is 24.5. The van der Waals surface area contributed by atoms with Gasteiger partial charge >= 0.3 is 0 Å². The van der Waals surface area contributed by atoms with Gasteiger partial charge in [0.1, 0.15) is 5.84 Å². The summed E-state index contributed by atoms with van der Waals surface area (Å²) in [5.74, 6) is 0.966. The highest BCUT2D eigenvalue weighted by molar-refractivity contribution is 5.97. The third-order valence-corrected chi connectivity index (χ3v) is 7.87. The molecule has 9 nitrogen and oxygen atoms in total. The van der Waals surface area contributed by atoms with Crippen molar-refractivity contribution in [1.29, 1.82) is 5.41 Å². The largest absolute Gasteiger partial charge is 0.397 e. The number of unbranched alkanes of at least 4 members (excludes halogenated alkanes) is 1. The van der Waals surface area contributed by atoms with Gasteiger partial charge in [0.2, 0.25) is 0 Å². The average Bonchev–Trinajstić information content (AvgIpc) is 2.95. The molecule has 0 spiro atoms. The molecule has 2 aliphatic rings. The summed E-state index contributed by atoms with van der Waals surface area (Å²) in [5.41, 5.74) is 8.21. The molecule has 2 atom stereocenters. The van der Waals surface area contributed by atoms with Crippen molar-refractivity contribution in [1.82, 2.24) is 15.1 Å². The number of anilines is 2. The predicted molar refractivity (Wildman–Crippen MR) is 159 cm³/mol. The van der Waals surface area contributed by atoms with Crippen molar-refractivity contribution in [2.45, 2.75) is 58.1 Å². The summed E-state index contributed by atoms with van der Waals surface area (Å²) < 4.78 is 10.7. The summed E-state index contributed by atoms with van der Waals surface area (Å²) in [6, 6.07) is 7.63. The van der Waals surface area contributed by atoms with Gasteiger partial charge in [-0.25, -0.2) is 0 Å². The van der Waals surface area contributed by atoms with Gasteiger partial charge < -0.3 is 35.2 Å². The summed E-state index contributed by atoms with van der Waals surface area (Å²) in [7, 11) is 3.47. The Kier molecular flexibility index (Phi) is 12.1. The van der Waals surface area contributed by atoms with Crippen LogP contribution in [0, 0.1) is 17.2 Å². The number of benzene rings is 1.